The van der Waals surface area contributed by atoms with Gasteiger partial charge in [-0.1, -0.05) is 13.2 Å². The zero-order chi connectivity index (χ0) is 49.8. The van der Waals surface area contributed by atoms with E-state index >= 15 is 0 Å². The third-order valence-corrected chi connectivity index (χ3v) is 10.5. The third-order valence-electron chi connectivity index (χ3n) is 10.5. The standard InChI is InChI=1S/C51H48O19/c1-3-43(52)60-27-5-7-29-62-50(58)67-38-21-13-32(14-22-38)46(54)65-36-17-9-34(10-18-36)48(56)69-41-26-25-40-42(31-64-45(40)41)70-49(57)35-11-19-37(20-12-35)66-47(55)33-15-23-39(24-16-33)68-51(59)63-30-8-6-28-61-44(53)4-2/h3-4,9-24,40-42,45H,1-2,5-8,25-31H2/t40-,41?,42-,45+/m1/s1. The summed E-state index contributed by atoms with van der Waals surface area (Å²) in [6, 6.07) is 22.8. The summed E-state index contributed by atoms with van der Waals surface area (Å²) in [4.78, 5) is 97.8. The molecule has 1 aliphatic carbocycles. The van der Waals surface area contributed by atoms with Crippen LogP contribution in [0.3, 0.4) is 0 Å². The minimum Gasteiger partial charge on any atom is -0.463 e. The van der Waals surface area contributed by atoms with Crippen molar-refractivity contribution in [1.82, 2.24) is 0 Å². The number of carbonyl (C=O) groups is 8. The smallest absolute Gasteiger partial charge is 0.463 e. The maximum atomic E-state index is 13.1. The van der Waals surface area contributed by atoms with Crippen LogP contribution >= 0.6 is 0 Å². The predicted octanol–water partition coefficient (Wildman–Crippen LogP) is 7.73. The zero-order valence-electron chi connectivity index (χ0n) is 37.7. The third kappa shape index (κ3) is 15.4. The van der Waals surface area contributed by atoms with Gasteiger partial charge in [0, 0.05) is 18.1 Å². The molecule has 4 aromatic carbocycles. The molecule has 0 aromatic heterocycles. The topological polar surface area (TPSA) is 238 Å². The number of fused-ring (bicyclic) bond motifs is 1. The van der Waals surface area contributed by atoms with Crippen LogP contribution in [0.4, 0.5) is 9.59 Å². The van der Waals surface area contributed by atoms with Crippen LogP contribution in [0.2, 0.25) is 0 Å². The number of unbranched alkanes of at least 4 members (excludes halogenated alkanes) is 2. The lowest BCUT2D eigenvalue weighted by atomic mass is 10.0. The summed E-state index contributed by atoms with van der Waals surface area (Å²) in [6.07, 6.45) is 1.48. The van der Waals surface area contributed by atoms with Crippen molar-refractivity contribution in [1.29, 1.82) is 0 Å². The number of hydrogen-bond acceptors (Lipinski definition) is 19. The molecule has 6 rings (SSSR count). The minimum absolute atomic E-state index is 0.0542. The second-order valence-electron chi connectivity index (χ2n) is 15.4. The molecule has 2 fully saturated rings. The van der Waals surface area contributed by atoms with Crippen LogP contribution in [-0.4, -0.2) is 99.5 Å². The highest BCUT2D eigenvalue weighted by Gasteiger charge is 2.49. The molecule has 19 nitrogen and oxygen atoms in total. The van der Waals surface area contributed by atoms with Crippen LogP contribution in [0.5, 0.6) is 23.0 Å². The highest BCUT2D eigenvalue weighted by atomic mass is 16.7. The number of esters is 6. The summed E-state index contributed by atoms with van der Waals surface area (Å²) in [5.74, 6) is -3.30. The molecule has 4 atom stereocenters. The fraction of sp³-hybridized carbons (Fsp3) is 0.294. The summed E-state index contributed by atoms with van der Waals surface area (Å²) in [6.45, 7) is 7.15. The van der Waals surface area contributed by atoms with Gasteiger partial charge in [0.1, 0.15) is 41.3 Å². The maximum Gasteiger partial charge on any atom is 0.513 e. The Balaban J connectivity index is 0.876. The molecule has 0 radical (unpaired) electrons. The lowest BCUT2D eigenvalue weighted by Gasteiger charge is -2.19. The molecule has 2 aliphatic rings. The molecular formula is C51H48O19. The summed E-state index contributed by atoms with van der Waals surface area (Å²) in [7, 11) is 0. The summed E-state index contributed by atoms with van der Waals surface area (Å²) < 4.78 is 58.3. The van der Waals surface area contributed by atoms with Gasteiger partial charge in [-0.05, 0) is 136 Å². The van der Waals surface area contributed by atoms with Gasteiger partial charge in [0.05, 0.1) is 55.3 Å². The summed E-state index contributed by atoms with van der Waals surface area (Å²) in [5, 5.41) is 0. The number of carbonyl (C=O) groups excluding carboxylic acids is 8. The largest absolute Gasteiger partial charge is 0.513 e. The van der Waals surface area contributed by atoms with E-state index in [2.05, 4.69) is 13.2 Å². The molecular weight excluding hydrogens is 917 g/mol. The van der Waals surface area contributed by atoms with Crippen LogP contribution < -0.4 is 18.9 Å². The molecule has 0 N–H and O–H groups in total. The first-order valence-corrected chi connectivity index (χ1v) is 22.0. The van der Waals surface area contributed by atoms with Gasteiger partial charge in [-0.2, -0.15) is 0 Å². The van der Waals surface area contributed by atoms with Gasteiger partial charge in [-0.15, -0.1) is 0 Å². The Morgan fingerprint density at radius 1 is 0.443 bits per heavy atom. The van der Waals surface area contributed by atoms with E-state index in [1.807, 2.05) is 0 Å². The normalized spacial score (nSPS) is 16.5. The van der Waals surface area contributed by atoms with Gasteiger partial charge in [-0.3, -0.25) is 0 Å². The average molecular weight is 965 g/mol. The molecule has 19 heteroatoms. The van der Waals surface area contributed by atoms with Crippen molar-refractivity contribution in [2.75, 3.05) is 33.0 Å². The maximum absolute atomic E-state index is 13.1. The first kappa shape index (κ1) is 51.1. The Morgan fingerprint density at radius 2 is 0.786 bits per heavy atom. The first-order valence-electron chi connectivity index (χ1n) is 22.0. The van der Waals surface area contributed by atoms with Crippen molar-refractivity contribution in [3.8, 4) is 23.0 Å². The van der Waals surface area contributed by atoms with E-state index < -0.39 is 66.4 Å². The molecule has 4 aromatic rings. The lowest BCUT2D eigenvalue weighted by molar-refractivity contribution is -0.138. The predicted molar refractivity (Wildman–Crippen MR) is 241 cm³/mol. The molecule has 0 spiro atoms. The van der Waals surface area contributed by atoms with E-state index in [9.17, 15) is 38.4 Å². The van der Waals surface area contributed by atoms with E-state index in [1.54, 1.807) is 0 Å². The number of rotatable bonds is 22. The van der Waals surface area contributed by atoms with Crippen molar-refractivity contribution in [2.45, 2.75) is 56.8 Å². The SMILES string of the molecule is C=CC(=O)OCCCCOC(=O)Oc1ccc(C(=O)Oc2ccc(C(=O)OC3CC[C@H]4[C@@H]3OC[C@H]4OC(=O)c3ccc(OC(=O)c4ccc(OC(=O)OCCCCOC(=O)C=C)cc4)cc3)cc2)cc1. The van der Waals surface area contributed by atoms with Crippen molar-refractivity contribution in [3.63, 3.8) is 0 Å². The van der Waals surface area contributed by atoms with Crippen LogP contribution in [0, 0.1) is 5.92 Å². The van der Waals surface area contributed by atoms with Crippen LogP contribution in [0.25, 0.3) is 0 Å². The molecule has 1 saturated heterocycles. The monoisotopic (exact) mass is 964 g/mol. The molecule has 1 unspecified atom stereocenters. The average Bonchev–Trinajstić information content (AvgIpc) is 3.96. The highest BCUT2D eigenvalue weighted by Crippen LogP contribution is 2.40. The van der Waals surface area contributed by atoms with Crippen molar-refractivity contribution < 1.29 is 90.5 Å². The summed E-state index contributed by atoms with van der Waals surface area (Å²) >= 11 is 0. The quantitative estimate of drug-likeness (QED) is 0.0183. The number of ether oxygens (including phenoxy) is 11. The van der Waals surface area contributed by atoms with Crippen molar-refractivity contribution in [2.24, 2.45) is 5.92 Å². The Kier molecular flexibility index (Phi) is 18.8. The molecule has 70 heavy (non-hydrogen) atoms. The van der Waals surface area contributed by atoms with Crippen LogP contribution in [0.1, 0.15) is 80.0 Å². The van der Waals surface area contributed by atoms with E-state index in [1.165, 1.54) is 97.1 Å². The molecule has 0 amide bonds. The van der Waals surface area contributed by atoms with Gasteiger partial charge in [0.2, 0.25) is 0 Å². The van der Waals surface area contributed by atoms with E-state index in [-0.39, 0.29) is 84.2 Å². The van der Waals surface area contributed by atoms with Gasteiger partial charge >= 0.3 is 48.1 Å². The van der Waals surface area contributed by atoms with E-state index in [0.29, 0.717) is 38.5 Å². The van der Waals surface area contributed by atoms with Crippen LogP contribution in [-0.2, 0) is 42.7 Å². The fourth-order valence-corrected chi connectivity index (χ4v) is 6.98. The molecule has 1 aliphatic heterocycles. The van der Waals surface area contributed by atoms with Gasteiger partial charge in [0.15, 0.2) is 0 Å². The lowest BCUT2D eigenvalue weighted by Crippen LogP contribution is -2.31. The van der Waals surface area contributed by atoms with Gasteiger partial charge in [-0.25, -0.2) is 38.4 Å². The molecule has 366 valence electrons. The van der Waals surface area contributed by atoms with E-state index in [4.69, 9.17) is 52.1 Å². The minimum atomic E-state index is -0.938. The Hall–Kier alpha value is -8.32. The van der Waals surface area contributed by atoms with E-state index in [0.717, 1.165) is 12.2 Å². The Labute approximate surface area is 401 Å². The number of benzene rings is 4. The van der Waals surface area contributed by atoms with Crippen LogP contribution in [0.15, 0.2) is 122 Å². The number of hydrogen-bond donors (Lipinski definition) is 0. The first-order chi connectivity index (χ1) is 33.9. The second kappa shape index (κ2) is 25.7. The molecule has 1 saturated carbocycles. The molecule has 0 bridgehead atoms. The fourth-order valence-electron chi connectivity index (χ4n) is 6.98. The summed E-state index contributed by atoms with van der Waals surface area (Å²) in [5.41, 5.74) is 0.752. The van der Waals surface area contributed by atoms with Crippen molar-refractivity contribution in [3.05, 3.63) is 145 Å². The Morgan fingerprint density at radius 3 is 1.17 bits per heavy atom. The zero-order valence-corrected chi connectivity index (χ0v) is 37.7. The van der Waals surface area contributed by atoms with Gasteiger partial charge in [0.25, 0.3) is 0 Å². The second-order valence-corrected chi connectivity index (χ2v) is 15.4. The Bertz CT molecular complexity index is 2320. The van der Waals surface area contributed by atoms with Gasteiger partial charge < -0.3 is 52.1 Å². The van der Waals surface area contributed by atoms with Crippen molar-refractivity contribution >= 4 is 48.1 Å². The molecule has 1 heterocycles. The highest BCUT2D eigenvalue weighted by molar-refractivity contribution is 5.93.